The number of aryl methyl sites for hydroxylation is 2. The van der Waals surface area contributed by atoms with E-state index in [1.807, 2.05) is 47.5 Å². The molecule has 3 heterocycles. The molecule has 0 fully saturated rings. The molecule has 0 radical (unpaired) electrons. The smallest absolute Gasteiger partial charge is 0.273 e. The highest BCUT2D eigenvalue weighted by molar-refractivity contribution is 5.95. The van der Waals surface area contributed by atoms with Crippen LogP contribution in [0.3, 0.4) is 0 Å². The quantitative estimate of drug-likeness (QED) is 0.692. The third-order valence-corrected chi connectivity index (χ3v) is 4.64. The lowest BCUT2D eigenvalue weighted by Gasteiger charge is -2.28. The summed E-state index contributed by atoms with van der Waals surface area (Å²) in [6.45, 7) is 5.37. The molecule has 4 heteroatoms. The lowest BCUT2D eigenvalue weighted by Crippen LogP contribution is -2.36. The molecule has 0 bridgehead atoms. The lowest BCUT2D eigenvalue weighted by atomic mass is 9.99. The van der Waals surface area contributed by atoms with Crippen LogP contribution in [0.1, 0.15) is 32.9 Å². The predicted molar refractivity (Wildman–Crippen MR) is 89.6 cm³/mol. The van der Waals surface area contributed by atoms with E-state index in [2.05, 4.69) is 23.2 Å². The number of pyridine rings is 1. The van der Waals surface area contributed by atoms with Gasteiger partial charge in [-0.15, -0.1) is 0 Å². The van der Waals surface area contributed by atoms with Crippen LogP contribution in [0.4, 0.5) is 0 Å². The first-order valence-corrected chi connectivity index (χ1v) is 7.95. The number of aromatic nitrogens is 2. The second-order valence-electron chi connectivity index (χ2n) is 6.18. The van der Waals surface area contributed by atoms with Crippen LogP contribution in [0.25, 0.3) is 5.65 Å². The Morgan fingerprint density at radius 3 is 2.70 bits per heavy atom. The molecule has 4 nitrogen and oxygen atoms in total. The summed E-state index contributed by atoms with van der Waals surface area (Å²) in [7, 11) is 0. The first-order chi connectivity index (χ1) is 11.1. The van der Waals surface area contributed by atoms with E-state index in [-0.39, 0.29) is 5.91 Å². The van der Waals surface area contributed by atoms with Crippen LogP contribution in [-0.4, -0.2) is 26.7 Å². The maximum atomic E-state index is 13.1. The number of amides is 1. The second kappa shape index (κ2) is 5.23. The molecule has 116 valence electrons. The van der Waals surface area contributed by atoms with Gasteiger partial charge in [-0.3, -0.25) is 9.20 Å². The van der Waals surface area contributed by atoms with Crippen molar-refractivity contribution in [1.82, 2.24) is 14.3 Å². The zero-order valence-corrected chi connectivity index (χ0v) is 13.4. The molecule has 0 N–H and O–H groups in total. The monoisotopic (exact) mass is 305 g/mol. The van der Waals surface area contributed by atoms with Gasteiger partial charge >= 0.3 is 0 Å². The van der Waals surface area contributed by atoms with Gasteiger partial charge in [0.25, 0.3) is 5.91 Å². The number of imidazole rings is 1. The summed E-state index contributed by atoms with van der Waals surface area (Å²) in [6.07, 6.45) is 2.84. The third kappa shape index (κ3) is 2.22. The van der Waals surface area contributed by atoms with Gasteiger partial charge in [0.15, 0.2) is 0 Å². The van der Waals surface area contributed by atoms with Crippen LogP contribution in [-0.2, 0) is 13.0 Å². The van der Waals surface area contributed by atoms with E-state index < -0.39 is 0 Å². The van der Waals surface area contributed by atoms with Crippen LogP contribution in [0.15, 0.2) is 42.6 Å². The van der Waals surface area contributed by atoms with E-state index in [9.17, 15) is 4.79 Å². The number of carbonyl (C=O) groups is 1. The Labute approximate surface area is 135 Å². The maximum absolute atomic E-state index is 13.1. The van der Waals surface area contributed by atoms with E-state index in [0.717, 1.165) is 29.9 Å². The first-order valence-electron chi connectivity index (χ1n) is 7.95. The highest BCUT2D eigenvalue weighted by Gasteiger charge is 2.26. The van der Waals surface area contributed by atoms with Gasteiger partial charge in [0.2, 0.25) is 0 Å². The fraction of sp³-hybridized carbons (Fsp3) is 0.263. The standard InChI is InChI=1S/C19H19N3O/c1-13-6-5-10-22-17(14(2)20-18(13)22)19(23)21-11-9-15-7-3-4-8-16(15)12-21/h3-8,10H,9,11-12H2,1-2H3. The van der Waals surface area contributed by atoms with E-state index in [4.69, 9.17) is 0 Å². The van der Waals surface area contributed by atoms with Gasteiger partial charge in [-0.2, -0.15) is 0 Å². The zero-order chi connectivity index (χ0) is 16.0. The largest absolute Gasteiger partial charge is 0.333 e. The molecule has 1 aliphatic heterocycles. The van der Waals surface area contributed by atoms with Crippen LogP contribution in [0, 0.1) is 13.8 Å². The SMILES string of the molecule is Cc1nc2c(C)cccn2c1C(=O)N1CCc2ccccc2C1. The van der Waals surface area contributed by atoms with Crippen molar-refractivity contribution in [2.45, 2.75) is 26.8 Å². The third-order valence-electron chi connectivity index (χ3n) is 4.64. The van der Waals surface area contributed by atoms with E-state index in [0.29, 0.717) is 12.2 Å². The van der Waals surface area contributed by atoms with Crippen molar-refractivity contribution in [3.63, 3.8) is 0 Å². The Balaban J connectivity index is 1.74. The van der Waals surface area contributed by atoms with Crippen molar-refractivity contribution in [2.24, 2.45) is 0 Å². The normalized spacial score (nSPS) is 14.1. The molecule has 23 heavy (non-hydrogen) atoms. The summed E-state index contributed by atoms with van der Waals surface area (Å²) in [5.74, 6) is 0.0649. The fourth-order valence-electron chi connectivity index (χ4n) is 3.39. The topological polar surface area (TPSA) is 37.6 Å². The van der Waals surface area contributed by atoms with Gasteiger partial charge < -0.3 is 4.90 Å². The molecule has 4 rings (SSSR count). The minimum Gasteiger partial charge on any atom is -0.333 e. The number of rotatable bonds is 1. The molecule has 1 amide bonds. The molecule has 0 atom stereocenters. The van der Waals surface area contributed by atoms with Gasteiger partial charge in [-0.25, -0.2) is 4.98 Å². The summed E-state index contributed by atoms with van der Waals surface area (Å²) in [6, 6.07) is 12.3. The Bertz CT molecular complexity index is 910. The fourth-order valence-corrected chi connectivity index (χ4v) is 3.39. The number of benzene rings is 1. The Hall–Kier alpha value is -2.62. The summed E-state index contributed by atoms with van der Waals surface area (Å²) < 4.78 is 1.92. The number of hydrogen-bond donors (Lipinski definition) is 0. The molecule has 0 saturated carbocycles. The lowest BCUT2D eigenvalue weighted by molar-refractivity contribution is 0.0727. The summed E-state index contributed by atoms with van der Waals surface area (Å²) in [5.41, 5.74) is 6.02. The Kier molecular flexibility index (Phi) is 3.18. The van der Waals surface area contributed by atoms with Gasteiger partial charge in [0, 0.05) is 19.3 Å². The van der Waals surface area contributed by atoms with Crippen LogP contribution >= 0.6 is 0 Å². The number of nitrogens with zero attached hydrogens (tertiary/aromatic N) is 3. The van der Waals surface area contributed by atoms with Gasteiger partial charge in [-0.1, -0.05) is 30.3 Å². The van der Waals surface area contributed by atoms with Gasteiger partial charge in [0.05, 0.1) is 5.69 Å². The number of carbonyl (C=O) groups excluding carboxylic acids is 1. The molecule has 3 aromatic rings. The Morgan fingerprint density at radius 1 is 1.09 bits per heavy atom. The summed E-state index contributed by atoms with van der Waals surface area (Å²) in [5, 5.41) is 0. The minimum absolute atomic E-state index is 0.0649. The van der Waals surface area contributed by atoms with E-state index >= 15 is 0 Å². The van der Waals surface area contributed by atoms with Crippen molar-refractivity contribution in [3.8, 4) is 0 Å². The van der Waals surface area contributed by atoms with E-state index in [1.165, 1.54) is 11.1 Å². The highest BCUT2D eigenvalue weighted by atomic mass is 16.2. The van der Waals surface area contributed by atoms with Crippen molar-refractivity contribution >= 4 is 11.6 Å². The Morgan fingerprint density at radius 2 is 1.87 bits per heavy atom. The molecule has 0 aliphatic carbocycles. The highest BCUT2D eigenvalue weighted by Crippen LogP contribution is 2.22. The van der Waals surface area contributed by atoms with E-state index in [1.54, 1.807) is 0 Å². The summed E-state index contributed by atoms with van der Waals surface area (Å²) in [4.78, 5) is 19.6. The van der Waals surface area contributed by atoms with Crippen molar-refractivity contribution in [1.29, 1.82) is 0 Å². The maximum Gasteiger partial charge on any atom is 0.273 e. The van der Waals surface area contributed by atoms with Gasteiger partial charge in [0.1, 0.15) is 11.3 Å². The average molecular weight is 305 g/mol. The molecule has 0 spiro atoms. The molecule has 1 aromatic carbocycles. The van der Waals surface area contributed by atoms with Crippen LogP contribution in [0.2, 0.25) is 0 Å². The van der Waals surface area contributed by atoms with Gasteiger partial charge in [-0.05, 0) is 43.0 Å². The average Bonchev–Trinajstić information content (AvgIpc) is 2.91. The van der Waals surface area contributed by atoms with Crippen LogP contribution < -0.4 is 0 Å². The van der Waals surface area contributed by atoms with Crippen molar-refractivity contribution in [3.05, 3.63) is 70.7 Å². The second-order valence-corrected chi connectivity index (χ2v) is 6.18. The number of fused-ring (bicyclic) bond motifs is 2. The molecular weight excluding hydrogens is 286 g/mol. The molecular formula is C19H19N3O. The number of hydrogen-bond acceptors (Lipinski definition) is 2. The molecule has 0 unspecified atom stereocenters. The summed E-state index contributed by atoms with van der Waals surface area (Å²) >= 11 is 0. The molecule has 0 saturated heterocycles. The van der Waals surface area contributed by atoms with Crippen LogP contribution in [0.5, 0.6) is 0 Å². The predicted octanol–water partition coefficient (Wildman–Crippen LogP) is 3.15. The van der Waals surface area contributed by atoms with Crippen molar-refractivity contribution in [2.75, 3.05) is 6.54 Å². The zero-order valence-electron chi connectivity index (χ0n) is 13.4. The molecule has 2 aromatic heterocycles. The molecule has 1 aliphatic rings. The minimum atomic E-state index is 0.0649. The first kappa shape index (κ1) is 14.0. The van der Waals surface area contributed by atoms with Crippen molar-refractivity contribution < 1.29 is 4.79 Å².